The Morgan fingerprint density at radius 1 is 1.28 bits per heavy atom. The summed E-state index contributed by atoms with van der Waals surface area (Å²) in [5.74, 6) is 0. The third-order valence-electron chi connectivity index (χ3n) is 3.03. The van der Waals surface area contributed by atoms with Gasteiger partial charge in [-0.2, -0.15) is 0 Å². The standard InChI is InChI=1S/C12H21N3O2S/c1-4-10(5-2)15-11-6-9(13)7-12(8(11)3)18(14,16)17/h6-7,10,15H,4-5,13H2,1-3H3,(H2,14,16,17). The van der Waals surface area contributed by atoms with Crippen LogP contribution in [0.15, 0.2) is 17.0 Å². The van der Waals surface area contributed by atoms with Crippen LogP contribution >= 0.6 is 0 Å². The van der Waals surface area contributed by atoms with Gasteiger partial charge in [-0.3, -0.25) is 0 Å². The topological polar surface area (TPSA) is 98.2 Å². The minimum Gasteiger partial charge on any atom is -0.399 e. The van der Waals surface area contributed by atoms with Crippen molar-refractivity contribution >= 4 is 21.4 Å². The van der Waals surface area contributed by atoms with Gasteiger partial charge in [-0.1, -0.05) is 13.8 Å². The highest BCUT2D eigenvalue weighted by Gasteiger charge is 2.16. The lowest BCUT2D eigenvalue weighted by Gasteiger charge is -2.19. The van der Waals surface area contributed by atoms with Crippen molar-refractivity contribution in [2.45, 2.75) is 44.6 Å². The Morgan fingerprint density at radius 3 is 2.28 bits per heavy atom. The number of nitrogens with one attached hydrogen (secondary N) is 1. The third-order valence-corrected chi connectivity index (χ3v) is 4.07. The summed E-state index contributed by atoms with van der Waals surface area (Å²) in [6.45, 7) is 5.87. The molecule has 0 aliphatic rings. The Kier molecular flexibility index (Phi) is 4.59. The Bertz CT molecular complexity index is 522. The first-order valence-corrected chi connectivity index (χ1v) is 7.53. The Labute approximate surface area is 109 Å². The van der Waals surface area contributed by atoms with Crippen LogP contribution in [-0.2, 0) is 10.0 Å². The van der Waals surface area contributed by atoms with E-state index in [1.807, 2.05) is 0 Å². The van der Waals surface area contributed by atoms with Gasteiger partial charge in [0.1, 0.15) is 0 Å². The van der Waals surface area contributed by atoms with Crippen LogP contribution in [0.5, 0.6) is 0 Å². The van der Waals surface area contributed by atoms with E-state index in [4.69, 9.17) is 10.9 Å². The van der Waals surface area contributed by atoms with Crippen LogP contribution in [0.2, 0.25) is 0 Å². The van der Waals surface area contributed by atoms with E-state index in [0.29, 0.717) is 17.3 Å². The summed E-state index contributed by atoms with van der Waals surface area (Å²) >= 11 is 0. The number of hydrogen-bond donors (Lipinski definition) is 3. The van der Waals surface area contributed by atoms with Gasteiger partial charge < -0.3 is 11.1 Å². The summed E-state index contributed by atoms with van der Waals surface area (Å²) in [5.41, 5.74) is 7.45. The number of nitrogens with two attached hydrogens (primary N) is 2. The molecule has 0 radical (unpaired) electrons. The summed E-state index contributed by atoms with van der Waals surface area (Å²) in [4.78, 5) is 0.0796. The Hall–Kier alpha value is -1.27. The van der Waals surface area contributed by atoms with E-state index in [1.165, 1.54) is 6.07 Å². The van der Waals surface area contributed by atoms with Crippen molar-refractivity contribution in [1.29, 1.82) is 0 Å². The molecule has 0 saturated heterocycles. The molecule has 0 bridgehead atoms. The molecule has 0 saturated carbocycles. The second-order valence-corrected chi connectivity index (χ2v) is 5.92. The molecule has 6 heteroatoms. The summed E-state index contributed by atoms with van der Waals surface area (Å²) < 4.78 is 23.0. The lowest BCUT2D eigenvalue weighted by atomic mass is 10.1. The monoisotopic (exact) mass is 271 g/mol. The van der Waals surface area contributed by atoms with Crippen LogP contribution in [0.25, 0.3) is 0 Å². The average molecular weight is 271 g/mol. The number of nitrogen functional groups attached to an aromatic ring is 1. The summed E-state index contributed by atoms with van der Waals surface area (Å²) in [7, 11) is -3.75. The summed E-state index contributed by atoms with van der Waals surface area (Å²) in [5, 5.41) is 8.48. The number of primary sulfonamides is 1. The molecule has 0 atom stereocenters. The van der Waals surface area contributed by atoms with Crippen LogP contribution in [-0.4, -0.2) is 14.5 Å². The molecule has 0 aliphatic carbocycles. The molecule has 0 heterocycles. The van der Waals surface area contributed by atoms with E-state index in [-0.39, 0.29) is 4.90 Å². The number of sulfonamides is 1. The molecule has 0 unspecified atom stereocenters. The molecule has 0 aromatic heterocycles. The predicted octanol–water partition coefficient (Wildman–Crippen LogP) is 1.83. The maximum absolute atomic E-state index is 11.5. The normalized spacial score (nSPS) is 11.8. The lowest BCUT2D eigenvalue weighted by molar-refractivity contribution is 0.597. The highest BCUT2D eigenvalue weighted by molar-refractivity contribution is 7.89. The summed E-state index contributed by atoms with van der Waals surface area (Å²) in [6.07, 6.45) is 1.91. The van der Waals surface area contributed by atoms with Crippen LogP contribution < -0.4 is 16.2 Å². The first kappa shape index (κ1) is 14.8. The van der Waals surface area contributed by atoms with Gasteiger partial charge in [-0.15, -0.1) is 0 Å². The van der Waals surface area contributed by atoms with E-state index in [0.717, 1.165) is 18.5 Å². The minimum atomic E-state index is -3.75. The highest BCUT2D eigenvalue weighted by Crippen LogP contribution is 2.27. The van der Waals surface area contributed by atoms with Crippen molar-refractivity contribution in [1.82, 2.24) is 0 Å². The molecule has 102 valence electrons. The van der Waals surface area contributed by atoms with Gasteiger partial charge in [0.05, 0.1) is 4.90 Å². The van der Waals surface area contributed by atoms with Crippen LogP contribution in [0.1, 0.15) is 32.3 Å². The number of hydrogen-bond acceptors (Lipinski definition) is 4. The zero-order valence-corrected chi connectivity index (χ0v) is 11.8. The van der Waals surface area contributed by atoms with Gasteiger partial charge in [-0.05, 0) is 37.5 Å². The van der Waals surface area contributed by atoms with E-state index < -0.39 is 10.0 Å². The largest absolute Gasteiger partial charge is 0.399 e. The molecular weight excluding hydrogens is 250 g/mol. The molecule has 1 rings (SSSR count). The highest BCUT2D eigenvalue weighted by atomic mass is 32.2. The number of benzene rings is 1. The quantitative estimate of drug-likeness (QED) is 0.711. The van der Waals surface area contributed by atoms with Gasteiger partial charge in [0.25, 0.3) is 0 Å². The minimum absolute atomic E-state index is 0.0796. The Morgan fingerprint density at radius 2 is 1.83 bits per heavy atom. The number of rotatable bonds is 5. The van der Waals surface area contributed by atoms with Gasteiger partial charge in [0, 0.05) is 17.4 Å². The van der Waals surface area contributed by atoms with Gasteiger partial charge in [-0.25, -0.2) is 13.6 Å². The second kappa shape index (κ2) is 5.58. The van der Waals surface area contributed by atoms with Crippen molar-refractivity contribution < 1.29 is 8.42 Å². The van der Waals surface area contributed by atoms with Crippen molar-refractivity contribution in [3.63, 3.8) is 0 Å². The van der Waals surface area contributed by atoms with Gasteiger partial charge >= 0.3 is 0 Å². The second-order valence-electron chi connectivity index (χ2n) is 4.39. The SMILES string of the molecule is CCC(CC)Nc1cc(N)cc(S(N)(=O)=O)c1C. The molecule has 5 N–H and O–H groups in total. The fourth-order valence-corrected chi connectivity index (χ4v) is 2.70. The smallest absolute Gasteiger partial charge is 0.238 e. The average Bonchev–Trinajstić information content (AvgIpc) is 2.28. The van der Waals surface area contributed by atoms with Crippen molar-refractivity contribution in [2.24, 2.45) is 5.14 Å². The fraction of sp³-hybridized carbons (Fsp3) is 0.500. The van der Waals surface area contributed by atoms with Gasteiger partial charge in [0.2, 0.25) is 10.0 Å². The molecule has 0 aliphatic heterocycles. The molecule has 5 nitrogen and oxygen atoms in total. The molecule has 0 spiro atoms. The summed E-state index contributed by atoms with van der Waals surface area (Å²) in [6, 6.07) is 3.42. The van der Waals surface area contributed by atoms with Gasteiger partial charge in [0.15, 0.2) is 0 Å². The molecule has 18 heavy (non-hydrogen) atoms. The molecule has 0 fully saturated rings. The van der Waals surface area contributed by atoms with Crippen LogP contribution in [0, 0.1) is 6.92 Å². The molecule has 0 amide bonds. The molecule has 1 aromatic carbocycles. The maximum atomic E-state index is 11.5. The first-order valence-electron chi connectivity index (χ1n) is 5.99. The zero-order chi connectivity index (χ0) is 13.9. The van der Waals surface area contributed by atoms with E-state index in [2.05, 4.69) is 19.2 Å². The van der Waals surface area contributed by atoms with Crippen molar-refractivity contribution in [3.8, 4) is 0 Å². The Balaban J connectivity index is 3.26. The lowest BCUT2D eigenvalue weighted by Crippen LogP contribution is -2.20. The fourth-order valence-electron chi connectivity index (χ4n) is 1.87. The van der Waals surface area contributed by atoms with Crippen LogP contribution in [0.4, 0.5) is 11.4 Å². The molecular formula is C12H21N3O2S. The third kappa shape index (κ3) is 3.36. The van der Waals surface area contributed by atoms with Crippen molar-refractivity contribution in [2.75, 3.05) is 11.1 Å². The van der Waals surface area contributed by atoms with E-state index in [9.17, 15) is 8.42 Å². The van der Waals surface area contributed by atoms with E-state index >= 15 is 0 Å². The van der Waals surface area contributed by atoms with E-state index in [1.54, 1.807) is 13.0 Å². The maximum Gasteiger partial charge on any atom is 0.238 e. The van der Waals surface area contributed by atoms with Crippen molar-refractivity contribution in [3.05, 3.63) is 17.7 Å². The van der Waals surface area contributed by atoms with Crippen LogP contribution in [0.3, 0.4) is 0 Å². The number of anilines is 2. The first-order chi connectivity index (χ1) is 8.29. The zero-order valence-electron chi connectivity index (χ0n) is 11.0. The molecule has 1 aromatic rings. The predicted molar refractivity (Wildman–Crippen MR) is 75.0 cm³/mol.